The molecule has 1 aromatic heterocycles. The molecule has 2 N–H and O–H groups in total. The molecule has 0 radical (unpaired) electrons. The molecule has 1 aromatic carbocycles. The van der Waals surface area contributed by atoms with Gasteiger partial charge in [0.2, 0.25) is 0 Å². The van der Waals surface area contributed by atoms with Gasteiger partial charge in [0.15, 0.2) is 0 Å². The third-order valence-electron chi connectivity index (χ3n) is 4.26. The quantitative estimate of drug-likeness (QED) is 0.919. The number of rotatable bonds is 5. The molecule has 0 spiro atoms. The summed E-state index contributed by atoms with van der Waals surface area (Å²) in [6, 6.07) is 8.12. The van der Waals surface area contributed by atoms with Gasteiger partial charge in [-0.25, -0.2) is 0 Å². The summed E-state index contributed by atoms with van der Waals surface area (Å²) in [4.78, 5) is 0. The lowest BCUT2D eigenvalue weighted by atomic mass is 9.97. The van der Waals surface area contributed by atoms with Crippen molar-refractivity contribution in [1.29, 1.82) is 0 Å². The number of ether oxygens (including phenoxy) is 1. The van der Waals surface area contributed by atoms with Gasteiger partial charge < -0.3 is 10.5 Å². The topological polar surface area (TPSA) is 53.1 Å². The van der Waals surface area contributed by atoms with Gasteiger partial charge >= 0.3 is 0 Å². The minimum Gasteiger partial charge on any atom is -0.497 e. The summed E-state index contributed by atoms with van der Waals surface area (Å²) in [6.07, 6.45) is 0.888. The van der Waals surface area contributed by atoms with Crippen molar-refractivity contribution < 1.29 is 4.74 Å². The monoisotopic (exact) mass is 287 g/mol. The van der Waals surface area contributed by atoms with Crippen molar-refractivity contribution >= 4 is 0 Å². The highest BCUT2D eigenvalue weighted by Crippen LogP contribution is 2.28. The first-order valence-corrected chi connectivity index (χ1v) is 7.41. The second kappa shape index (κ2) is 6.31. The van der Waals surface area contributed by atoms with Crippen LogP contribution >= 0.6 is 0 Å². The molecule has 2 unspecified atom stereocenters. The smallest absolute Gasteiger partial charge is 0.119 e. The first-order valence-electron chi connectivity index (χ1n) is 7.41. The molecule has 0 aliphatic carbocycles. The Labute approximate surface area is 126 Å². The average molecular weight is 287 g/mol. The predicted molar refractivity (Wildman–Crippen MR) is 85.8 cm³/mol. The lowest BCUT2D eigenvalue weighted by Gasteiger charge is -2.25. The molecule has 0 saturated heterocycles. The average Bonchev–Trinajstić information content (AvgIpc) is 2.75. The van der Waals surface area contributed by atoms with Crippen molar-refractivity contribution in [2.24, 2.45) is 5.73 Å². The van der Waals surface area contributed by atoms with E-state index in [1.807, 2.05) is 25.1 Å². The van der Waals surface area contributed by atoms with Crippen LogP contribution in [0.4, 0.5) is 0 Å². The number of aromatic nitrogens is 2. The molecule has 0 fully saturated rings. The van der Waals surface area contributed by atoms with Crippen LogP contribution < -0.4 is 10.5 Å². The Balaban J connectivity index is 2.55. The molecule has 21 heavy (non-hydrogen) atoms. The highest BCUT2D eigenvalue weighted by molar-refractivity contribution is 5.33. The molecule has 2 aromatic rings. The van der Waals surface area contributed by atoms with E-state index in [0.717, 1.165) is 23.4 Å². The number of nitrogens with zero attached hydrogens (tertiary/aromatic N) is 2. The Bertz CT molecular complexity index is 618. The van der Waals surface area contributed by atoms with Gasteiger partial charge in [-0.1, -0.05) is 19.1 Å². The SMILES string of the molecule is CCC(N)C(c1cccc(OC)c1)n1nc(C)c(C)c1C. The van der Waals surface area contributed by atoms with Crippen molar-refractivity contribution in [2.45, 2.75) is 46.2 Å². The number of methoxy groups -OCH3 is 1. The van der Waals surface area contributed by atoms with Gasteiger partial charge in [-0.05, 0) is 50.5 Å². The van der Waals surface area contributed by atoms with Crippen LogP contribution in [0.25, 0.3) is 0 Å². The van der Waals surface area contributed by atoms with E-state index < -0.39 is 0 Å². The van der Waals surface area contributed by atoms with E-state index in [4.69, 9.17) is 15.6 Å². The van der Waals surface area contributed by atoms with Crippen molar-refractivity contribution in [3.8, 4) is 5.75 Å². The standard InChI is InChI=1S/C17H25N3O/c1-6-16(18)17(14-8-7-9-15(10-14)21-5)20-13(4)11(2)12(3)19-20/h7-10,16-17H,6,18H2,1-5H3. The van der Waals surface area contributed by atoms with Gasteiger partial charge in [-0.2, -0.15) is 5.10 Å². The maximum Gasteiger partial charge on any atom is 0.119 e. The molecular formula is C17H25N3O. The minimum absolute atomic E-state index is 0.00880. The fourth-order valence-electron chi connectivity index (χ4n) is 2.63. The van der Waals surface area contributed by atoms with Gasteiger partial charge in [0, 0.05) is 11.7 Å². The van der Waals surface area contributed by atoms with Crippen LogP contribution in [0, 0.1) is 20.8 Å². The number of nitrogens with two attached hydrogens (primary N) is 1. The summed E-state index contributed by atoms with van der Waals surface area (Å²) in [6.45, 7) is 8.36. The highest BCUT2D eigenvalue weighted by atomic mass is 16.5. The summed E-state index contributed by atoms with van der Waals surface area (Å²) < 4.78 is 7.41. The Kier molecular flexibility index (Phi) is 4.68. The van der Waals surface area contributed by atoms with E-state index >= 15 is 0 Å². The van der Waals surface area contributed by atoms with Crippen LogP contribution in [0.1, 0.15) is 41.9 Å². The fourth-order valence-corrected chi connectivity index (χ4v) is 2.63. The highest BCUT2D eigenvalue weighted by Gasteiger charge is 2.24. The molecule has 0 aliphatic heterocycles. The maximum atomic E-state index is 6.40. The molecule has 1 heterocycles. The third kappa shape index (κ3) is 2.95. The largest absolute Gasteiger partial charge is 0.497 e. The van der Waals surface area contributed by atoms with Crippen LogP contribution in [0.5, 0.6) is 5.75 Å². The summed E-state index contributed by atoms with van der Waals surface area (Å²) in [5.41, 5.74) is 11.0. The third-order valence-corrected chi connectivity index (χ3v) is 4.26. The predicted octanol–water partition coefficient (Wildman–Crippen LogP) is 3.14. The Morgan fingerprint density at radius 3 is 2.52 bits per heavy atom. The molecule has 0 amide bonds. The van der Waals surface area contributed by atoms with Gasteiger partial charge in [-0.3, -0.25) is 4.68 Å². The summed E-state index contributed by atoms with van der Waals surface area (Å²) >= 11 is 0. The van der Waals surface area contributed by atoms with E-state index in [1.165, 1.54) is 11.3 Å². The zero-order valence-corrected chi connectivity index (χ0v) is 13.6. The van der Waals surface area contributed by atoms with Crippen molar-refractivity contribution in [3.63, 3.8) is 0 Å². The lowest BCUT2D eigenvalue weighted by molar-refractivity contribution is 0.401. The number of aryl methyl sites for hydroxylation is 1. The van der Waals surface area contributed by atoms with E-state index in [9.17, 15) is 0 Å². The van der Waals surface area contributed by atoms with Crippen molar-refractivity contribution in [1.82, 2.24) is 9.78 Å². The molecule has 2 rings (SSSR count). The van der Waals surface area contributed by atoms with Crippen LogP contribution in [0.2, 0.25) is 0 Å². The molecule has 0 bridgehead atoms. The molecule has 2 atom stereocenters. The zero-order valence-electron chi connectivity index (χ0n) is 13.6. The van der Waals surface area contributed by atoms with Gasteiger partial charge in [-0.15, -0.1) is 0 Å². The number of benzene rings is 1. The molecule has 0 aliphatic rings. The first-order chi connectivity index (χ1) is 9.99. The van der Waals surface area contributed by atoms with Crippen LogP contribution in [-0.2, 0) is 0 Å². The Morgan fingerprint density at radius 1 is 1.29 bits per heavy atom. The zero-order chi connectivity index (χ0) is 15.6. The van der Waals surface area contributed by atoms with Crippen LogP contribution in [0.15, 0.2) is 24.3 Å². The fraction of sp³-hybridized carbons (Fsp3) is 0.471. The summed E-state index contributed by atoms with van der Waals surface area (Å²) in [5.74, 6) is 0.846. The summed E-state index contributed by atoms with van der Waals surface area (Å²) in [5, 5.41) is 4.71. The molecule has 4 heteroatoms. The first kappa shape index (κ1) is 15.6. The van der Waals surface area contributed by atoms with Gasteiger partial charge in [0.05, 0.1) is 18.8 Å². The summed E-state index contributed by atoms with van der Waals surface area (Å²) in [7, 11) is 1.68. The number of hydrogen-bond acceptors (Lipinski definition) is 3. The van der Waals surface area contributed by atoms with E-state index in [2.05, 4.69) is 31.5 Å². The molecule has 4 nitrogen and oxygen atoms in total. The van der Waals surface area contributed by atoms with Crippen LogP contribution in [-0.4, -0.2) is 22.9 Å². The number of hydrogen-bond donors (Lipinski definition) is 1. The Hall–Kier alpha value is -1.81. The van der Waals surface area contributed by atoms with Gasteiger partial charge in [0.25, 0.3) is 0 Å². The molecular weight excluding hydrogens is 262 g/mol. The normalized spacial score (nSPS) is 14.0. The van der Waals surface area contributed by atoms with Gasteiger partial charge in [0.1, 0.15) is 5.75 Å². The van der Waals surface area contributed by atoms with Crippen LogP contribution in [0.3, 0.4) is 0 Å². The maximum absolute atomic E-state index is 6.40. The Morgan fingerprint density at radius 2 is 2.00 bits per heavy atom. The minimum atomic E-state index is 0.00880. The van der Waals surface area contributed by atoms with E-state index in [1.54, 1.807) is 7.11 Å². The van der Waals surface area contributed by atoms with E-state index in [0.29, 0.717) is 0 Å². The molecule has 114 valence electrons. The second-order valence-electron chi connectivity index (χ2n) is 5.53. The van der Waals surface area contributed by atoms with Crippen molar-refractivity contribution in [3.05, 3.63) is 46.8 Å². The lowest BCUT2D eigenvalue weighted by Crippen LogP contribution is -2.33. The molecule has 0 saturated carbocycles. The van der Waals surface area contributed by atoms with Crippen molar-refractivity contribution in [2.75, 3.05) is 7.11 Å². The van der Waals surface area contributed by atoms with E-state index in [-0.39, 0.29) is 12.1 Å². The second-order valence-corrected chi connectivity index (χ2v) is 5.53.